The van der Waals surface area contributed by atoms with E-state index >= 15 is 0 Å². The first-order chi connectivity index (χ1) is 17.9. The number of amides is 1. The van der Waals surface area contributed by atoms with Crippen molar-refractivity contribution in [3.8, 4) is 0 Å². The molecule has 0 fully saturated rings. The van der Waals surface area contributed by atoms with E-state index in [0.29, 0.717) is 35.1 Å². The number of nitrogens with one attached hydrogen (secondary N) is 1. The van der Waals surface area contributed by atoms with Gasteiger partial charge in [-0.15, -0.1) is 11.8 Å². The number of benzene rings is 3. The zero-order valence-electron chi connectivity index (χ0n) is 20.2. The van der Waals surface area contributed by atoms with Crippen LogP contribution in [-0.4, -0.2) is 27.3 Å². The second kappa shape index (κ2) is 14.7. The normalized spacial score (nSPS) is 12.2. The zero-order valence-corrected chi connectivity index (χ0v) is 22.6. The van der Waals surface area contributed by atoms with Crippen LogP contribution in [0.25, 0.3) is 0 Å². The Balaban J connectivity index is 1.69. The maximum atomic E-state index is 14.5. The largest absolute Gasteiger partial charge is 0.294 e. The predicted molar refractivity (Wildman–Crippen MR) is 152 cm³/mol. The van der Waals surface area contributed by atoms with Gasteiger partial charge in [0.25, 0.3) is 5.91 Å². The van der Waals surface area contributed by atoms with Crippen molar-refractivity contribution < 1.29 is 13.4 Å². The molecule has 0 bridgehead atoms. The standard InChI is InChI=1S/C29H28ClFN2O2S2/c1-3-9-23(4-2)29(34)32-37(35)25-16-14-22(15-17-25)20-33(18-19-36-24-10-6-5-7-11-24)21-26-27(30)12-8-13-28(26)31/h3-17H,1-2,18-21H2,(H,32,34)/b23-9+. The molecule has 1 amide bonds. The summed E-state index contributed by atoms with van der Waals surface area (Å²) in [4.78, 5) is 16.0. The SMILES string of the molecule is C=C/C=C(\C=C)C(=O)NS(=O)c1ccc(CN(CCSc2ccccc2)Cc2c(F)cccc2Cl)cc1. The second-order valence-corrected chi connectivity index (χ2v) is 10.8. The van der Waals surface area contributed by atoms with Crippen LogP contribution in [-0.2, 0) is 28.9 Å². The van der Waals surface area contributed by atoms with Crippen molar-refractivity contribution in [2.45, 2.75) is 22.9 Å². The van der Waals surface area contributed by atoms with Crippen LogP contribution in [0, 0.1) is 5.82 Å². The average molecular weight is 555 g/mol. The Bertz CT molecular complexity index is 1260. The van der Waals surface area contributed by atoms with E-state index in [1.807, 2.05) is 30.3 Å². The molecule has 0 aromatic heterocycles. The van der Waals surface area contributed by atoms with Gasteiger partial charge in [-0.1, -0.05) is 79.4 Å². The van der Waals surface area contributed by atoms with Crippen LogP contribution < -0.4 is 4.72 Å². The summed E-state index contributed by atoms with van der Waals surface area (Å²) in [6.45, 7) is 8.74. The fraction of sp³-hybridized carbons (Fsp3) is 0.138. The monoisotopic (exact) mass is 554 g/mol. The summed E-state index contributed by atoms with van der Waals surface area (Å²) in [6, 6.07) is 21.9. The first-order valence-electron chi connectivity index (χ1n) is 11.5. The minimum atomic E-state index is -1.73. The number of rotatable bonds is 13. The predicted octanol–water partition coefficient (Wildman–Crippen LogP) is 6.71. The van der Waals surface area contributed by atoms with Crippen LogP contribution >= 0.6 is 23.4 Å². The van der Waals surface area contributed by atoms with E-state index in [-0.39, 0.29) is 11.4 Å². The molecule has 1 N–H and O–H groups in total. The highest BCUT2D eigenvalue weighted by Gasteiger charge is 2.15. The average Bonchev–Trinajstić information content (AvgIpc) is 2.90. The molecule has 0 spiro atoms. The van der Waals surface area contributed by atoms with Crippen molar-refractivity contribution in [3.63, 3.8) is 0 Å². The van der Waals surface area contributed by atoms with Crippen molar-refractivity contribution in [2.24, 2.45) is 0 Å². The molecule has 0 aliphatic rings. The molecular formula is C29H28ClFN2O2S2. The van der Waals surface area contributed by atoms with Crippen molar-refractivity contribution in [1.29, 1.82) is 0 Å². The lowest BCUT2D eigenvalue weighted by Gasteiger charge is -2.23. The van der Waals surface area contributed by atoms with Gasteiger partial charge in [0.2, 0.25) is 0 Å². The Morgan fingerprint density at radius 1 is 1.03 bits per heavy atom. The molecule has 0 aliphatic carbocycles. The van der Waals surface area contributed by atoms with E-state index in [0.717, 1.165) is 11.3 Å². The highest BCUT2D eigenvalue weighted by molar-refractivity contribution is 7.99. The van der Waals surface area contributed by atoms with Crippen LogP contribution in [0.1, 0.15) is 11.1 Å². The van der Waals surface area contributed by atoms with Gasteiger partial charge >= 0.3 is 0 Å². The van der Waals surface area contributed by atoms with Gasteiger partial charge in [-0.25, -0.2) is 8.60 Å². The molecule has 3 aromatic carbocycles. The smallest absolute Gasteiger partial charge is 0.263 e. The van der Waals surface area contributed by atoms with Gasteiger partial charge in [0.15, 0.2) is 11.0 Å². The Hall–Kier alpha value is -2.97. The topological polar surface area (TPSA) is 49.4 Å². The van der Waals surface area contributed by atoms with Crippen molar-refractivity contribution in [3.05, 3.63) is 132 Å². The molecule has 0 heterocycles. The Labute approximate surface area is 229 Å². The van der Waals surface area contributed by atoms with Gasteiger partial charge < -0.3 is 0 Å². The summed E-state index contributed by atoms with van der Waals surface area (Å²) < 4.78 is 29.6. The third kappa shape index (κ3) is 8.83. The molecule has 3 aromatic rings. The minimum Gasteiger partial charge on any atom is -0.294 e. The quantitative estimate of drug-likeness (QED) is 0.145. The van der Waals surface area contributed by atoms with Crippen molar-refractivity contribution >= 4 is 40.3 Å². The summed E-state index contributed by atoms with van der Waals surface area (Å²) in [5, 5.41) is 0.395. The summed E-state index contributed by atoms with van der Waals surface area (Å²) in [7, 11) is -1.73. The third-order valence-corrected chi connectivity index (χ3v) is 7.79. The van der Waals surface area contributed by atoms with E-state index in [9.17, 15) is 13.4 Å². The van der Waals surface area contributed by atoms with Gasteiger partial charge in [-0.05, 0) is 42.0 Å². The Morgan fingerprint density at radius 2 is 1.76 bits per heavy atom. The molecule has 37 heavy (non-hydrogen) atoms. The molecule has 0 radical (unpaired) electrons. The van der Waals surface area contributed by atoms with Crippen LogP contribution in [0.15, 0.2) is 120 Å². The van der Waals surface area contributed by atoms with Crippen LogP contribution in [0.5, 0.6) is 0 Å². The molecule has 8 heteroatoms. The van der Waals surface area contributed by atoms with Crippen LogP contribution in [0.4, 0.5) is 4.39 Å². The van der Waals surface area contributed by atoms with Crippen LogP contribution in [0.2, 0.25) is 5.02 Å². The van der Waals surface area contributed by atoms with Crippen molar-refractivity contribution in [2.75, 3.05) is 12.3 Å². The summed E-state index contributed by atoms with van der Waals surface area (Å²) in [5.41, 5.74) is 1.69. The van der Waals surface area contributed by atoms with Gasteiger partial charge in [0.05, 0.1) is 4.90 Å². The fourth-order valence-corrected chi connectivity index (χ4v) is 5.42. The number of carbonyl (C=O) groups is 1. The minimum absolute atomic E-state index is 0.274. The van der Waals surface area contributed by atoms with E-state index < -0.39 is 16.9 Å². The summed E-state index contributed by atoms with van der Waals surface area (Å²) >= 11 is 8.03. The zero-order chi connectivity index (χ0) is 26.6. The Morgan fingerprint density at radius 3 is 2.41 bits per heavy atom. The van der Waals surface area contributed by atoms with Gasteiger partial charge in [-0.3, -0.25) is 14.4 Å². The molecule has 3 rings (SSSR count). The fourth-order valence-electron chi connectivity index (χ4n) is 3.47. The third-order valence-electron chi connectivity index (χ3n) is 5.37. The van der Waals surface area contributed by atoms with E-state index in [4.69, 9.17) is 11.6 Å². The van der Waals surface area contributed by atoms with Crippen LogP contribution in [0.3, 0.4) is 0 Å². The molecule has 0 saturated heterocycles. The lowest BCUT2D eigenvalue weighted by molar-refractivity contribution is -0.115. The number of carbonyl (C=O) groups excluding carboxylic acids is 1. The van der Waals surface area contributed by atoms with Gasteiger partial charge in [-0.2, -0.15) is 0 Å². The summed E-state index contributed by atoms with van der Waals surface area (Å²) in [6.07, 6.45) is 4.34. The maximum Gasteiger partial charge on any atom is 0.263 e. The lowest BCUT2D eigenvalue weighted by Crippen LogP contribution is -2.27. The number of hydrogen-bond acceptors (Lipinski definition) is 4. The highest BCUT2D eigenvalue weighted by Crippen LogP contribution is 2.23. The maximum absolute atomic E-state index is 14.5. The highest BCUT2D eigenvalue weighted by atomic mass is 35.5. The molecule has 4 nitrogen and oxygen atoms in total. The molecule has 0 saturated carbocycles. The lowest BCUT2D eigenvalue weighted by atomic mass is 10.1. The molecular weight excluding hydrogens is 527 g/mol. The molecule has 192 valence electrons. The van der Waals surface area contributed by atoms with E-state index in [1.165, 1.54) is 29.2 Å². The van der Waals surface area contributed by atoms with Gasteiger partial charge in [0, 0.05) is 46.4 Å². The number of hydrogen-bond donors (Lipinski definition) is 1. The number of thioether (sulfide) groups is 1. The first kappa shape index (κ1) is 28.6. The number of nitrogens with zero attached hydrogens (tertiary/aromatic N) is 1. The first-order valence-corrected chi connectivity index (χ1v) is 14.0. The number of allylic oxidation sites excluding steroid dienone is 2. The van der Waals surface area contributed by atoms with Crippen molar-refractivity contribution in [1.82, 2.24) is 9.62 Å². The van der Waals surface area contributed by atoms with Gasteiger partial charge in [0.1, 0.15) is 5.82 Å². The summed E-state index contributed by atoms with van der Waals surface area (Å²) in [5.74, 6) is -0.0195. The molecule has 0 aliphatic heterocycles. The second-order valence-electron chi connectivity index (χ2n) is 7.98. The van der Waals surface area contributed by atoms with E-state index in [2.05, 4.69) is 34.9 Å². The number of halogens is 2. The van der Waals surface area contributed by atoms with E-state index in [1.54, 1.807) is 36.0 Å². The Kier molecular flexibility index (Phi) is 11.4. The molecule has 1 atom stereocenters. The molecule has 1 unspecified atom stereocenters.